The molecule has 0 aliphatic heterocycles. The van der Waals surface area contributed by atoms with E-state index in [2.05, 4.69) is 6.92 Å². The standard InChI is InChI=1S/C16H22F2.C2H6/c1-11-3-6-13(7-4-11)8-9-14-12(2)5-10-15(17)16(14)18;1-2/h5,10-11,13H,3-4,6-9H2,1-2H3;1-2H3. The Kier molecular flexibility index (Phi) is 7.18. The summed E-state index contributed by atoms with van der Waals surface area (Å²) < 4.78 is 26.9. The smallest absolute Gasteiger partial charge is 0.162 e. The third-order valence-corrected chi connectivity index (χ3v) is 4.37. The Bertz CT molecular complexity index is 404. The number of rotatable bonds is 3. The first-order valence-corrected chi connectivity index (χ1v) is 8.01. The maximum Gasteiger partial charge on any atom is 0.162 e. The van der Waals surface area contributed by atoms with Crippen LogP contribution in [-0.2, 0) is 6.42 Å². The second kappa shape index (κ2) is 8.39. The van der Waals surface area contributed by atoms with E-state index in [0.29, 0.717) is 17.9 Å². The molecule has 2 rings (SSSR count). The first-order valence-electron chi connectivity index (χ1n) is 8.01. The molecule has 114 valence electrons. The van der Waals surface area contributed by atoms with Crippen LogP contribution < -0.4 is 0 Å². The summed E-state index contributed by atoms with van der Waals surface area (Å²) in [6.07, 6.45) is 6.74. The molecular weight excluding hydrogens is 254 g/mol. The van der Waals surface area contributed by atoms with Crippen LogP contribution in [0.25, 0.3) is 0 Å². The van der Waals surface area contributed by atoms with Crippen molar-refractivity contribution in [2.75, 3.05) is 0 Å². The van der Waals surface area contributed by atoms with Crippen molar-refractivity contribution in [2.45, 2.75) is 66.2 Å². The molecule has 0 atom stereocenters. The first kappa shape index (κ1) is 17.1. The molecule has 0 saturated heterocycles. The highest BCUT2D eigenvalue weighted by Gasteiger charge is 2.19. The van der Waals surface area contributed by atoms with Gasteiger partial charge in [0.25, 0.3) is 0 Å². The molecule has 1 saturated carbocycles. The van der Waals surface area contributed by atoms with E-state index >= 15 is 0 Å². The van der Waals surface area contributed by atoms with E-state index in [1.165, 1.54) is 31.7 Å². The Labute approximate surface area is 122 Å². The minimum Gasteiger partial charge on any atom is -0.204 e. The van der Waals surface area contributed by atoms with E-state index in [-0.39, 0.29) is 0 Å². The highest BCUT2D eigenvalue weighted by Crippen LogP contribution is 2.32. The summed E-state index contributed by atoms with van der Waals surface area (Å²) in [5, 5.41) is 0. The van der Waals surface area contributed by atoms with Crippen LogP contribution >= 0.6 is 0 Å². The van der Waals surface area contributed by atoms with Crippen molar-refractivity contribution in [3.8, 4) is 0 Å². The molecule has 0 spiro atoms. The van der Waals surface area contributed by atoms with E-state index in [1.807, 2.05) is 20.8 Å². The minimum absolute atomic E-state index is 0.577. The summed E-state index contributed by atoms with van der Waals surface area (Å²) in [6, 6.07) is 2.90. The van der Waals surface area contributed by atoms with Gasteiger partial charge in [-0.1, -0.05) is 52.5 Å². The van der Waals surface area contributed by atoms with E-state index in [0.717, 1.165) is 17.9 Å². The molecule has 1 aromatic carbocycles. The van der Waals surface area contributed by atoms with Crippen molar-refractivity contribution >= 4 is 0 Å². The van der Waals surface area contributed by atoms with Crippen molar-refractivity contribution in [1.29, 1.82) is 0 Å². The van der Waals surface area contributed by atoms with Crippen LogP contribution in [-0.4, -0.2) is 0 Å². The number of aryl methyl sites for hydroxylation is 1. The van der Waals surface area contributed by atoms with E-state index in [9.17, 15) is 8.78 Å². The van der Waals surface area contributed by atoms with Crippen molar-refractivity contribution in [2.24, 2.45) is 11.8 Å². The van der Waals surface area contributed by atoms with Crippen LogP contribution in [0, 0.1) is 30.4 Å². The lowest BCUT2D eigenvalue weighted by atomic mass is 9.80. The summed E-state index contributed by atoms with van der Waals surface area (Å²) in [4.78, 5) is 0. The minimum atomic E-state index is -0.715. The van der Waals surface area contributed by atoms with Gasteiger partial charge in [-0.3, -0.25) is 0 Å². The number of benzene rings is 1. The van der Waals surface area contributed by atoms with Gasteiger partial charge in [-0.2, -0.15) is 0 Å². The van der Waals surface area contributed by atoms with Crippen molar-refractivity contribution in [1.82, 2.24) is 0 Å². The highest BCUT2D eigenvalue weighted by molar-refractivity contribution is 5.28. The van der Waals surface area contributed by atoms with Gasteiger partial charge in [0, 0.05) is 0 Å². The quantitative estimate of drug-likeness (QED) is 0.632. The first-order chi connectivity index (χ1) is 9.58. The fourth-order valence-corrected chi connectivity index (χ4v) is 2.96. The molecule has 1 fully saturated rings. The van der Waals surface area contributed by atoms with Gasteiger partial charge >= 0.3 is 0 Å². The molecular formula is C18H28F2. The fourth-order valence-electron chi connectivity index (χ4n) is 2.96. The molecule has 0 nitrogen and oxygen atoms in total. The zero-order valence-electron chi connectivity index (χ0n) is 13.3. The third kappa shape index (κ3) is 4.57. The van der Waals surface area contributed by atoms with Crippen molar-refractivity contribution in [3.63, 3.8) is 0 Å². The Balaban J connectivity index is 0.000000956. The average Bonchev–Trinajstić information content (AvgIpc) is 2.47. The second-order valence-electron chi connectivity index (χ2n) is 5.82. The topological polar surface area (TPSA) is 0 Å². The van der Waals surface area contributed by atoms with E-state index in [4.69, 9.17) is 0 Å². The summed E-state index contributed by atoms with van der Waals surface area (Å²) >= 11 is 0. The SMILES string of the molecule is CC.Cc1ccc(F)c(F)c1CCC1CCC(C)CC1. The lowest BCUT2D eigenvalue weighted by Gasteiger charge is -2.26. The molecule has 1 aliphatic rings. The van der Waals surface area contributed by atoms with Gasteiger partial charge in [0.2, 0.25) is 0 Å². The highest BCUT2D eigenvalue weighted by atomic mass is 19.2. The molecule has 0 aromatic heterocycles. The number of hydrogen-bond acceptors (Lipinski definition) is 0. The van der Waals surface area contributed by atoms with Crippen LogP contribution in [0.5, 0.6) is 0 Å². The zero-order valence-corrected chi connectivity index (χ0v) is 13.3. The summed E-state index contributed by atoms with van der Waals surface area (Å²) in [5.74, 6) is 0.184. The molecule has 0 N–H and O–H groups in total. The molecule has 0 radical (unpaired) electrons. The van der Waals surface area contributed by atoms with Gasteiger partial charge in [-0.15, -0.1) is 0 Å². The molecule has 1 aliphatic carbocycles. The second-order valence-corrected chi connectivity index (χ2v) is 5.82. The van der Waals surface area contributed by atoms with Crippen LogP contribution in [0.3, 0.4) is 0 Å². The molecule has 0 heterocycles. The number of halogens is 2. The molecule has 0 bridgehead atoms. The summed E-state index contributed by atoms with van der Waals surface area (Å²) in [5.41, 5.74) is 1.45. The zero-order chi connectivity index (χ0) is 15.1. The van der Waals surface area contributed by atoms with Gasteiger partial charge in [0.1, 0.15) is 0 Å². The van der Waals surface area contributed by atoms with Gasteiger partial charge in [0.15, 0.2) is 11.6 Å². The Hall–Kier alpha value is -0.920. The maximum absolute atomic E-state index is 13.7. The van der Waals surface area contributed by atoms with Gasteiger partial charge < -0.3 is 0 Å². The largest absolute Gasteiger partial charge is 0.204 e. The molecule has 2 heteroatoms. The lowest BCUT2D eigenvalue weighted by Crippen LogP contribution is -2.13. The Morgan fingerprint density at radius 3 is 2.25 bits per heavy atom. The fraction of sp³-hybridized carbons (Fsp3) is 0.667. The van der Waals surface area contributed by atoms with E-state index in [1.54, 1.807) is 6.07 Å². The van der Waals surface area contributed by atoms with Crippen molar-refractivity contribution in [3.05, 3.63) is 34.9 Å². The number of hydrogen-bond donors (Lipinski definition) is 0. The van der Waals surface area contributed by atoms with Crippen LogP contribution in [0.1, 0.15) is 64.0 Å². The molecule has 1 aromatic rings. The van der Waals surface area contributed by atoms with Crippen LogP contribution in [0.15, 0.2) is 12.1 Å². The van der Waals surface area contributed by atoms with E-state index < -0.39 is 11.6 Å². The predicted octanol–water partition coefficient (Wildman–Crippen LogP) is 6.06. The van der Waals surface area contributed by atoms with Gasteiger partial charge in [-0.25, -0.2) is 8.78 Å². The lowest BCUT2D eigenvalue weighted by molar-refractivity contribution is 0.277. The van der Waals surface area contributed by atoms with Gasteiger partial charge in [0.05, 0.1) is 0 Å². The maximum atomic E-state index is 13.7. The normalized spacial score (nSPS) is 22.1. The van der Waals surface area contributed by atoms with Crippen LogP contribution in [0.4, 0.5) is 8.78 Å². The Morgan fingerprint density at radius 2 is 1.65 bits per heavy atom. The predicted molar refractivity (Wildman–Crippen MR) is 81.9 cm³/mol. The molecule has 0 unspecified atom stereocenters. The van der Waals surface area contributed by atoms with Crippen molar-refractivity contribution < 1.29 is 8.78 Å². The summed E-state index contributed by atoms with van der Waals surface area (Å²) in [7, 11) is 0. The summed E-state index contributed by atoms with van der Waals surface area (Å²) in [6.45, 7) is 8.16. The molecule has 20 heavy (non-hydrogen) atoms. The monoisotopic (exact) mass is 282 g/mol. The third-order valence-electron chi connectivity index (χ3n) is 4.37. The molecule has 0 amide bonds. The van der Waals surface area contributed by atoms with Crippen LogP contribution in [0.2, 0.25) is 0 Å². The van der Waals surface area contributed by atoms with Gasteiger partial charge in [-0.05, 0) is 48.8 Å². The average molecular weight is 282 g/mol. The Morgan fingerprint density at radius 1 is 1.05 bits per heavy atom.